The van der Waals surface area contributed by atoms with Gasteiger partial charge in [0.05, 0.1) is 14.2 Å². The molecule has 0 spiro atoms. The molecule has 1 atom stereocenters. The van der Waals surface area contributed by atoms with Gasteiger partial charge in [-0.1, -0.05) is 35.9 Å². The molecule has 4 heteroatoms. The second-order valence-corrected chi connectivity index (χ2v) is 6.67. The molecule has 0 aliphatic carbocycles. The maximum Gasteiger partial charge on any atom is 0.125 e. The zero-order chi connectivity index (χ0) is 16.7. The lowest BCUT2D eigenvalue weighted by molar-refractivity contribution is 0.390. The van der Waals surface area contributed by atoms with Gasteiger partial charge in [-0.25, -0.2) is 0 Å². The molecule has 0 heterocycles. The van der Waals surface area contributed by atoms with Crippen LogP contribution in [0.2, 0.25) is 0 Å². The van der Waals surface area contributed by atoms with Crippen LogP contribution in [0.5, 0.6) is 11.5 Å². The molecule has 0 saturated carbocycles. The molecule has 2 aromatic carbocycles. The van der Waals surface area contributed by atoms with Gasteiger partial charge < -0.3 is 15.2 Å². The van der Waals surface area contributed by atoms with Crippen LogP contribution in [0.4, 0.5) is 0 Å². The van der Waals surface area contributed by atoms with Gasteiger partial charge in [-0.15, -0.1) is 0 Å². The molecule has 0 aliphatic heterocycles. The summed E-state index contributed by atoms with van der Waals surface area (Å²) >= 11 is 1.87. The summed E-state index contributed by atoms with van der Waals surface area (Å²) in [5.41, 5.74) is 10.0. The molecule has 0 saturated heterocycles. The summed E-state index contributed by atoms with van der Waals surface area (Å²) < 4.78 is 10.7. The second-order valence-electron chi connectivity index (χ2n) is 5.64. The van der Waals surface area contributed by atoms with Gasteiger partial charge in [-0.3, -0.25) is 0 Å². The third kappa shape index (κ3) is 5.48. The highest BCUT2D eigenvalue weighted by molar-refractivity contribution is 7.98. The number of rotatable bonds is 8. The van der Waals surface area contributed by atoms with E-state index in [0.29, 0.717) is 0 Å². The van der Waals surface area contributed by atoms with Crippen molar-refractivity contribution in [2.45, 2.75) is 25.1 Å². The summed E-state index contributed by atoms with van der Waals surface area (Å²) in [6.45, 7) is 2.11. The van der Waals surface area contributed by atoms with Crippen molar-refractivity contribution in [1.82, 2.24) is 0 Å². The molecular weight excluding hydrogens is 306 g/mol. The van der Waals surface area contributed by atoms with E-state index in [-0.39, 0.29) is 6.04 Å². The van der Waals surface area contributed by atoms with Crippen molar-refractivity contribution in [3.63, 3.8) is 0 Å². The van der Waals surface area contributed by atoms with Crippen molar-refractivity contribution in [1.29, 1.82) is 0 Å². The quantitative estimate of drug-likeness (QED) is 0.799. The van der Waals surface area contributed by atoms with Crippen molar-refractivity contribution in [3.8, 4) is 11.5 Å². The van der Waals surface area contributed by atoms with Crippen LogP contribution in [-0.2, 0) is 12.2 Å². The predicted molar refractivity (Wildman–Crippen MR) is 98.6 cm³/mol. The number of thioether (sulfide) groups is 1. The van der Waals surface area contributed by atoms with Gasteiger partial charge in [-0.05, 0) is 30.5 Å². The van der Waals surface area contributed by atoms with Crippen LogP contribution in [0.15, 0.2) is 42.5 Å². The summed E-state index contributed by atoms with van der Waals surface area (Å²) in [7, 11) is 3.33. The lowest BCUT2D eigenvalue weighted by atomic mass is 10.1. The maximum atomic E-state index is 6.28. The lowest BCUT2D eigenvalue weighted by Crippen LogP contribution is -2.25. The third-order valence-electron chi connectivity index (χ3n) is 3.70. The average Bonchev–Trinajstić information content (AvgIpc) is 2.57. The summed E-state index contributed by atoms with van der Waals surface area (Å²) in [5, 5.41) is 0. The van der Waals surface area contributed by atoms with E-state index in [1.807, 2.05) is 30.0 Å². The van der Waals surface area contributed by atoms with Gasteiger partial charge in [0.1, 0.15) is 11.5 Å². The van der Waals surface area contributed by atoms with E-state index in [4.69, 9.17) is 15.2 Å². The third-order valence-corrected chi connectivity index (χ3v) is 4.90. The monoisotopic (exact) mass is 331 g/mol. The first-order chi connectivity index (χ1) is 11.1. The number of benzene rings is 2. The first kappa shape index (κ1) is 17.7. The fourth-order valence-electron chi connectivity index (χ4n) is 2.37. The van der Waals surface area contributed by atoms with Crippen molar-refractivity contribution in [2.75, 3.05) is 20.0 Å². The van der Waals surface area contributed by atoms with E-state index in [9.17, 15) is 0 Å². The number of hydrogen-bond donors (Lipinski definition) is 1. The van der Waals surface area contributed by atoms with E-state index in [0.717, 1.165) is 35.0 Å². The topological polar surface area (TPSA) is 44.5 Å². The van der Waals surface area contributed by atoms with Crippen LogP contribution >= 0.6 is 11.8 Å². The van der Waals surface area contributed by atoms with Crippen molar-refractivity contribution < 1.29 is 9.47 Å². The first-order valence-electron chi connectivity index (χ1n) is 7.72. The minimum absolute atomic E-state index is 0.104. The summed E-state index contributed by atoms with van der Waals surface area (Å²) in [5.74, 6) is 3.55. The van der Waals surface area contributed by atoms with Gasteiger partial charge in [0.25, 0.3) is 0 Å². The fraction of sp³-hybridized carbons (Fsp3) is 0.368. The summed E-state index contributed by atoms with van der Waals surface area (Å²) in [6, 6.07) is 14.7. The Hall–Kier alpha value is -1.65. The Morgan fingerprint density at radius 2 is 1.78 bits per heavy atom. The van der Waals surface area contributed by atoms with E-state index in [2.05, 4.69) is 31.2 Å². The highest BCUT2D eigenvalue weighted by atomic mass is 32.2. The van der Waals surface area contributed by atoms with Crippen LogP contribution in [0.3, 0.4) is 0 Å². The molecule has 2 N–H and O–H groups in total. The summed E-state index contributed by atoms with van der Waals surface area (Å²) in [4.78, 5) is 0. The molecule has 0 aliphatic rings. The minimum atomic E-state index is 0.104. The largest absolute Gasteiger partial charge is 0.497 e. The molecule has 3 nitrogen and oxygen atoms in total. The van der Waals surface area contributed by atoms with Crippen molar-refractivity contribution in [2.24, 2.45) is 5.73 Å². The van der Waals surface area contributed by atoms with Gasteiger partial charge >= 0.3 is 0 Å². The molecule has 0 fully saturated rings. The van der Waals surface area contributed by atoms with E-state index in [1.54, 1.807) is 14.2 Å². The number of nitrogens with two attached hydrogens (primary N) is 1. The van der Waals surface area contributed by atoms with Crippen LogP contribution in [0.25, 0.3) is 0 Å². The van der Waals surface area contributed by atoms with Crippen LogP contribution in [-0.4, -0.2) is 26.0 Å². The van der Waals surface area contributed by atoms with E-state index in [1.165, 1.54) is 11.1 Å². The highest BCUT2D eigenvalue weighted by Gasteiger charge is 2.10. The zero-order valence-electron chi connectivity index (χ0n) is 14.0. The molecule has 124 valence electrons. The Labute approximate surface area is 143 Å². The van der Waals surface area contributed by atoms with Crippen molar-refractivity contribution in [3.05, 3.63) is 59.2 Å². The Kier molecular flexibility index (Phi) is 6.81. The normalized spacial score (nSPS) is 12.0. The average molecular weight is 331 g/mol. The van der Waals surface area contributed by atoms with Gasteiger partial charge in [0, 0.05) is 23.6 Å². The second kappa shape index (κ2) is 8.85. The Balaban J connectivity index is 1.84. The van der Waals surface area contributed by atoms with Gasteiger partial charge in [0.2, 0.25) is 0 Å². The highest BCUT2D eigenvalue weighted by Crippen LogP contribution is 2.26. The number of methoxy groups -OCH3 is 2. The lowest BCUT2D eigenvalue weighted by Gasteiger charge is -2.15. The van der Waals surface area contributed by atoms with Gasteiger partial charge in [0.15, 0.2) is 0 Å². The zero-order valence-corrected chi connectivity index (χ0v) is 14.9. The molecule has 0 aromatic heterocycles. The van der Waals surface area contributed by atoms with Gasteiger partial charge in [-0.2, -0.15) is 11.8 Å². The van der Waals surface area contributed by atoms with Crippen LogP contribution in [0.1, 0.15) is 16.7 Å². The molecule has 2 aromatic rings. The smallest absolute Gasteiger partial charge is 0.125 e. The number of ether oxygens (including phenoxy) is 2. The van der Waals surface area contributed by atoms with Crippen LogP contribution in [0, 0.1) is 6.92 Å². The van der Waals surface area contributed by atoms with E-state index < -0.39 is 0 Å². The summed E-state index contributed by atoms with van der Waals surface area (Å²) in [6.07, 6.45) is 0.800. The molecule has 2 rings (SSSR count). The van der Waals surface area contributed by atoms with E-state index >= 15 is 0 Å². The fourth-order valence-corrected chi connectivity index (χ4v) is 3.34. The van der Waals surface area contributed by atoms with Crippen LogP contribution < -0.4 is 15.2 Å². The minimum Gasteiger partial charge on any atom is -0.497 e. The molecular formula is C19H25NO2S. The molecule has 0 amide bonds. The molecule has 23 heavy (non-hydrogen) atoms. The predicted octanol–water partition coefficient (Wildman–Crippen LogP) is 3.82. The molecule has 0 radical (unpaired) electrons. The Morgan fingerprint density at radius 1 is 1.04 bits per heavy atom. The standard InChI is InChI=1S/C19H25NO2S/c1-14-4-6-15(7-5-14)12-23-13-17(20)10-16-8-9-18(21-2)11-19(16)22-3/h4-9,11,17H,10,12-13,20H2,1-3H3. The number of aryl methyl sites for hydroxylation is 1. The first-order valence-corrected chi connectivity index (χ1v) is 8.87. The number of hydrogen-bond acceptors (Lipinski definition) is 4. The van der Waals surface area contributed by atoms with Crippen molar-refractivity contribution >= 4 is 11.8 Å². The molecule has 0 bridgehead atoms. The Bertz CT molecular complexity index is 613. The Morgan fingerprint density at radius 3 is 2.43 bits per heavy atom. The maximum absolute atomic E-state index is 6.28. The SMILES string of the molecule is COc1ccc(CC(N)CSCc2ccc(C)cc2)c(OC)c1. The molecule has 1 unspecified atom stereocenters.